The van der Waals surface area contributed by atoms with Crippen molar-refractivity contribution in [3.63, 3.8) is 0 Å². The maximum atomic E-state index is 13.5. The molecule has 0 aromatic heterocycles. The van der Waals surface area contributed by atoms with E-state index in [2.05, 4.69) is 5.32 Å². The summed E-state index contributed by atoms with van der Waals surface area (Å²) >= 11 is 0. The van der Waals surface area contributed by atoms with Gasteiger partial charge in [0.15, 0.2) is 6.61 Å². The van der Waals surface area contributed by atoms with Gasteiger partial charge in [-0.2, -0.15) is 0 Å². The van der Waals surface area contributed by atoms with Crippen molar-refractivity contribution in [3.05, 3.63) is 78.1 Å². The van der Waals surface area contributed by atoms with Gasteiger partial charge in [0.1, 0.15) is 17.6 Å². The fourth-order valence-electron chi connectivity index (χ4n) is 4.79. The lowest BCUT2D eigenvalue weighted by molar-refractivity contribution is -0.143. The van der Waals surface area contributed by atoms with Crippen LogP contribution in [0, 0.1) is 5.82 Å². The van der Waals surface area contributed by atoms with E-state index in [0.29, 0.717) is 12.2 Å². The molecule has 0 spiro atoms. The second-order valence-corrected chi connectivity index (χ2v) is 9.18. The molecular weight excluding hydrogens is 443 g/mol. The molecule has 1 fully saturated rings. The van der Waals surface area contributed by atoms with Crippen LogP contribution in [0.1, 0.15) is 51.0 Å². The standard InChI is InChI=1S/C29H33FN2O3/c1-2-26(29(34)31-24-11-4-3-5-12-24)32(19-21-15-17-23(30)18-16-21)28(33)20-35-27-14-8-10-22-9-6-7-13-25(22)27/h6-10,13-18,24,26H,2-5,11-12,19-20H2,1H3,(H,31,34)/t26-/m0/s1. The lowest BCUT2D eigenvalue weighted by atomic mass is 9.95. The van der Waals surface area contributed by atoms with E-state index in [1.165, 1.54) is 18.6 Å². The first kappa shape index (κ1) is 24.7. The molecule has 3 aromatic rings. The molecule has 1 saturated carbocycles. The highest BCUT2D eigenvalue weighted by Crippen LogP contribution is 2.25. The third-order valence-electron chi connectivity index (χ3n) is 6.70. The molecule has 3 aromatic carbocycles. The van der Waals surface area contributed by atoms with Gasteiger partial charge in [0, 0.05) is 18.0 Å². The Labute approximate surface area is 206 Å². The number of amides is 2. The van der Waals surface area contributed by atoms with Crippen LogP contribution in [0.4, 0.5) is 4.39 Å². The molecule has 0 unspecified atom stereocenters. The smallest absolute Gasteiger partial charge is 0.261 e. The first-order valence-corrected chi connectivity index (χ1v) is 12.5. The van der Waals surface area contributed by atoms with Gasteiger partial charge in [-0.15, -0.1) is 0 Å². The minimum Gasteiger partial charge on any atom is -0.483 e. The minimum atomic E-state index is -0.634. The number of nitrogens with one attached hydrogen (secondary N) is 1. The molecule has 5 nitrogen and oxygen atoms in total. The van der Waals surface area contributed by atoms with Crippen LogP contribution in [0.2, 0.25) is 0 Å². The van der Waals surface area contributed by atoms with Crippen molar-refractivity contribution in [1.29, 1.82) is 0 Å². The Morgan fingerprint density at radius 2 is 1.71 bits per heavy atom. The van der Waals surface area contributed by atoms with Crippen molar-refractivity contribution in [2.45, 2.75) is 64.1 Å². The number of hydrogen-bond donors (Lipinski definition) is 1. The lowest BCUT2D eigenvalue weighted by Crippen LogP contribution is -2.52. The summed E-state index contributed by atoms with van der Waals surface area (Å²) in [6.07, 6.45) is 5.83. The third kappa shape index (κ3) is 6.38. The van der Waals surface area contributed by atoms with Crippen molar-refractivity contribution in [2.75, 3.05) is 6.61 Å². The molecule has 0 heterocycles. The second-order valence-electron chi connectivity index (χ2n) is 9.18. The second kappa shape index (κ2) is 11.8. The number of hydrogen-bond acceptors (Lipinski definition) is 3. The van der Waals surface area contributed by atoms with Gasteiger partial charge in [-0.3, -0.25) is 9.59 Å². The Kier molecular flexibility index (Phi) is 8.35. The van der Waals surface area contributed by atoms with E-state index >= 15 is 0 Å². The van der Waals surface area contributed by atoms with Crippen LogP contribution in [0.3, 0.4) is 0 Å². The normalized spacial score (nSPS) is 14.9. The van der Waals surface area contributed by atoms with Crippen molar-refractivity contribution >= 4 is 22.6 Å². The molecule has 1 atom stereocenters. The van der Waals surface area contributed by atoms with Gasteiger partial charge in [0.25, 0.3) is 5.91 Å². The third-order valence-corrected chi connectivity index (χ3v) is 6.70. The van der Waals surface area contributed by atoms with Crippen molar-refractivity contribution < 1.29 is 18.7 Å². The number of carbonyl (C=O) groups is 2. The van der Waals surface area contributed by atoms with Gasteiger partial charge >= 0.3 is 0 Å². The van der Waals surface area contributed by atoms with E-state index in [9.17, 15) is 14.0 Å². The van der Waals surface area contributed by atoms with Gasteiger partial charge in [-0.25, -0.2) is 4.39 Å². The number of ether oxygens (including phenoxy) is 1. The molecule has 1 aliphatic rings. The Morgan fingerprint density at radius 1 is 1.00 bits per heavy atom. The van der Waals surface area contributed by atoms with Crippen molar-refractivity contribution in [2.24, 2.45) is 0 Å². The van der Waals surface area contributed by atoms with Crippen LogP contribution in [-0.2, 0) is 16.1 Å². The van der Waals surface area contributed by atoms with Crippen LogP contribution in [0.5, 0.6) is 5.75 Å². The zero-order chi connectivity index (χ0) is 24.6. The SMILES string of the molecule is CC[C@@H](C(=O)NC1CCCCC1)N(Cc1ccc(F)cc1)C(=O)COc1cccc2ccccc12. The molecule has 184 valence electrons. The molecular formula is C29H33FN2O3. The Hall–Kier alpha value is -3.41. The first-order chi connectivity index (χ1) is 17.0. The number of halogens is 1. The van der Waals surface area contributed by atoms with Crippen molar-refractivity contribution in [3.8, 4) is 5.75 Å². The fourth-order valence-corrected chi connectivity index (χ4v) is 4.79. The molecule has 4 rings (SSSR count). The maximum absolute atomic E-state index is 13.5. The zero-order valence-electron chi connectivity index (χ0n) is 20.2. The molecule has 2 amide bonds. The number of benzene rings is 3. The maximum Gasteiger partial charge on any atom is 0.261 e. The minimum absolute atomic E-state index is 0.139. The average molecular weight is 477 g/mol. The summed E-state index contributed by atoms with van der Waals surface area (Å²) in [5, 5.41) is 5.12. The number of nitrogens with zero attached hydrogens (tertiary/aromatic N) is 1. The van der Waals surface area contributed by atoms with Gasteiger partial charge in [0.05, 0.1) is 0 Å². The Morgan fingerprint density at radius 3 is 2.46 bits per heavy atom. The fraction of sp³-hybridized carbons (Fsp3) is 0.379. The number of rotatable bonds is 9. The van der Waals surface area contributed by atoms with Crippen molar-refractivity contribution in [1.82, 2.24) is 10.2 Å². The van der Waals surface area contributed by atoms with Crippen LogP contribution in [-0.4, -0.2) is 35.4 Å². The lowest BCUT2D eigenvalue weighted by Gasteiger charge is -2.32. The molecule has 0 radical (unpaired) electrons. The highest BCUT2D eigenvalue weighted by molar-refractivity contribution is 5.90. The van der Waals surface area contributed by atoms with Crippen LogP contribution in [0.25, 0.3) is 10.8 Å². The van der Waals surface area contributed by atoms with Gasteiger partial charge in [0.2, 0.25) is 5.91 Å². The van der Waals surface area contributed by atoms with Gasteiger partial charge in [-0.05, 0) is 48.4 Å². The summed E-state index contributed by atoms with van der Waals surface area (Å²) in [7, 11) is 0. The van der Waals surface area contributed by atoms with E-state index in [1.807, 2.05) is 49.4 Å². The van der Waals surface area contributed by atoms with E-state index in [4.69, 9.17) is 4.74 Å². The highest BCUT2D eigenvalue weighted by atomic mass is 19.1. The number of carbonyl (C=O) groups excluding carboxylic acids is 2. The van der Waals surface area contributed by atoms with E-state index in [1.54, 1.807) is 17.0 Å². The average Bonchev–Trinajstić information content (AvgIpc) is 2.89. The van der Waals surface area contributed by atoms with E-state index < -0.39 is 6.04 Å². The molecule has 0 aliphatic heterocycles. The zero-order valence-corrected chi connectivity index (χ0v) is 20.2. The monoisotopic (exact) mass is 476 g/mol. The summed E-state index contributed by atoms with van der Waals surface area (Å²) in [5.74, 6) is -0.140. The molecule has 1 aliphatic carbocycles. The summed E-state index contributed by atoms with van der Waals surface area (Å²) in [6.45, 7) is 1.92. The predicted octanol–water partition coefficient (Wildman–Crippen LogP) is 5.61. The Bertz CT molecular complexity index is 1140. The largest absolute Gasteiger partial charge is 0.483 e. The van der Waals surface area contributed by atoms with Crippen LogP contribution >= 0.6 is 0 Å². The molecule has 0 bridgehead atoms. The van der Waals surface area contributed by atoms with Crippen LogP contribution < -0.4 is 10.1 Å². The predicted molar refractivity (Wildman–Crippen MR) is 135 cm³/mol. The summed E-state index contributed by atoms with van der Waals surface area (Å²) in [6, 6.07) is 19.1. The summed E-state index contributed by atoms with van der Waals surface area (Å²) < 4.78 is 19.4. The molecule has 0 saturated heterocycles. The highest BCUT2D eigenvalue weighted by Gasteiger charge is 2.30. The quantitative estimate of drug-likeness (QED) is 0.436. The van der Waals surface area contributed by atoms with E-state index in [0.717, 1.165) is 42.0 Å². The Balaban J connectivity index is 1.52. The molecule has 1 N–H and O–H groups in total. The summed E-state index contributed by atoms with van der Waals surface area (Å²) in [4.78, 5) is 28.3. The first-order valence-electron chi connectivity index (χ1n) is 12.5. The molecule has 35 heavy (non-hydrogen) atoms. The molecule has 6 heteroatoms. The topological polar surface area (TPSA) is 58.6 Å². The summed E-state index contributed by atoms with van der Waals surface area (Å²) in [5.41, 5.74) is 0.758. The van der Waals surface area contributed by atoms with Gasteiger partial charge in [-0.1, -0.05) is 74.7 Å². The van der Waals surface area contributed by atoms with Crippen LogP contribution in [0.15, 0.2) is 66.7 Å². The number of fused-ring (bicyclic) bond motifs is 1. The van der Waals surface area contributed by atoms with Gasteiger partial charge < -0.3 is 15.0 Å². The van der Waals surface area contributed by atoms with E-state index in [-0.39, 0.29) is 36.8 Å².